The zero-order valence-corrected chi connectivity index (χ0v) is 14.6. The van der Waals surface area contributed by atoms with E-state index in [4.69, 9.17) is 0 Å². The van der Waals surface area contributed by atoms with Crippen molar-refractivity contribution in [3.05, 3.63) is 52.2 Å². The van der Waals surface area contributed by atoms with E-state index >= 15 is 0 Å². The van der Waals surface area contributed by atoms with Crippen molar-refractivity contribution < 1.29 is 9.59 Å². The molecule has 1 aliphatic rings. The highest BCUT2D eigenvalue weighted by Crippen LogP contribution is 2.32. The maximum atomic E-state index is 12.7. The van der Waals surface area contributed by atoms with Crippen LogP contribution in [0.2, 0.25) is 0 Å². The highest BCUT2D eigenvalue weighted by atomic mass is 32.1. The number of nitrogens with one attached hydrogen (secondary N) is 2. The second-order valence-electron chi connectivity index (χ2n) is 6.13. The average Bonchev–Trinajstić information content (AvgIpc) is 3.07. The minimum absolute atomic E-state index is 0.0966. The molecule has 6 heteroatoms. The molecule has 0 bridgehead atoms. The molecular formula is C18H21N3O2S. The molecule has 2 N–H and O–H groups in total. The van der Waals surface area contributed by atoms with E-state index < -0.39 is 5.92 Å². The van der Waals surface area contributed by atoms with Crippen LogP contribution in [-0.2, 0) is 9.59 Å². The Kier molecular flexibility index (Phi) is 4.97. The molecule has 1 aliphatic heterocycles. The van der Waals surface area contributed by atoms with Crippen molar-refractivity contribution in [1.29, 1.82) is 0 Å². The van der Waals surface area contributed by atoms with Gasteiger partial charge < -0.3 is 15.5 Å². The predicted molar refractivity (Wildman–Crippen MR) is 96.2 cm³/mol. The molecule has 126 valence electrons. The monoisotopic (exact) mass is 343 g/mol. The van der Waals surface area contributed by atoms with Crippen LogP contribution < -0.4 is 10.6 Å². The largest absolute Gasteiger partial charge is 0.354 e. The molecule has 2 atom stereocenters. The molecule has 0 saturated heterocycles. The van der Waals surface area contributed by atoms with Gasteiger partial charge in [0, 0.05) is 23.5 Å². The maximum absolute atomic E-state index is 12.7. The molecule has 0 saturated carbocycles. The minimum Gasteiger partial charge on any atom is -0.354 e. The Morgan fingerprint density at radius 1 is 1.33 bits per heavy atom. The third-order valence-corrected chi connectivity index (χ3v) is 5.25. The summed E-state index contributed by atoms with van der Waals surface area (Å²) in [5, 5.41) is 7.89. The zero-order chi connectivity index (χ0) is 17.1. The van der Waals surface area contributed by atoms with Crippen LogP contribution in [-0.4, -0.2) is 37.4 Å². The van der Waals surface area contributed by atoms with E-state index in [1.165, 1.54) is 4.88 Å². The number of hydrogen-bond donors (Lipinski definition) is 2. The van der Waals surface area contributed by atoms with Gasteiger partial charge in [0.25, 0.3) is 0 Å². The van der Waals surface area contributed by atoms with Gasteiger partial charge in [-0.25, -0.2) is 0 Å². The highest BCUT2D eigenvalue weighted by Gasteiger charge is 2.30. The van der Waals surface area contributed by atoms with E-state index in [1.807, 2.05) is 49.8 Å². The Labute approximate surface area is 145 Å². The smallest absolute Gasteiger partial charge is 0.228 e. The van der Waals surface area contributed by atoms with Crippen molar-refractivity contribution in [2.24, 2.45) is 0 Å². The third-order valence-electron chi connectivity index (χ3n) is 4.28. The number of nitrogens with zero attached hydrogens (tertiary/aromatic N) is 1. The third kappa shape index (κ3) is 3.49. The van der Waals surface area contributed by atoms with Crippen molar-refractivity contribution in [3.8, 4) is 0 Å². The van der Waals surface area contributed by atoms with Gasteiger partial charge in [-0.1, -0.05) is 24.3 Å². The molecule has 0 radical (unpaired) electrons. The fourth-order valence-electron chi connectivity index (χ4n) is 2.98. The molecule has 0 fully saturated rings. The lowest BCUT2D eigenvalue weighted by Gasteiger charge is -2.27. The number of likely N-dealkylation sites (N-methyl/N-ethyl adjacent to an activating group) is 1. The molecule has 1 aromatic heterocycles. The summed E-state index contributed by atoms with van der Waals surface area (Å²) in [7, 11) is 4.00. The Morgan fingerprint density at radius 2 is 2.12 bits per heavy atom. The number of carbonyl (C=O) groups is 2. The van der Waals surface area contributed by atoms with Crippen LogP contribution in [0.3, 0.4) is 0 Å². The molecule has 0 unspecified atom stereocenters. The van der Waals surface area contributed by atoms with E-state index in [0.29, 0.717) is 6.54 Å². The molecule has 24 heavy (non-hydrogen) atoms. The van der Waals surface area contributed by atoms with Gasteiger partial charge in [-0.15, -0.1) is 11.3 Å². The number of anilines is 1. The molecule has 1 aromatic carbocycles. The number of rotatable bonds is 5. The number of fused-ring (bicyclic) bond motifs is 1. The quantitative estimate of drug-likeness (QED) is 0.877. The van der Waals surface area contributed by atoms with Gasteiger partial charge >= 0.3 is 0 Å². The summed E-state index contributed by atoms with van der Waals surface area (Å²) in [5.41, 5.74) is 1.61. The van der Waals surface area contributed by atoms with Crippen LogP contribution in [0.5, 0.6) is 0 Å². The van der Waals surface area contributed by atoms with Gasteiger partial charge in [0.05, 0.1) is 12.0 Å². The van der Waals surface area contributed by atoms with E-state index in [9.17, 15) is 9.59 Å². The van der Waals surface area contributed by atoms with Crippen molar-refractivity contribution >= 4 is 28.8 Å². The second-order valence-corrected chi connectivity index (χ2v) is 7.11. The summed E-state index contributed by atoms with van der Waals surface area (Å²) in [6.07, 6.45) is 0.189. The molecule has 0 spiro atoms. The van der Waals surface area contributed by atoms with Crippen LogP contribution in [0.1, 0.15) is 28.8 Å². The lowest BCUT2D eigenvalue weighted by atomic mass is 9.90. The summed E-state index contributed by atoms with van der Waals surface area (Å²) in [6, 6.07) is 11.7. The number of benzene rings is 1. The van der Waals surface area contributed by atoms with E-state index in [-0.39, 0.29) is 24.3 Å². The van der Waals surface area contributed by atoms with Crippen molar-refractivity contribution in [2.45, 2.75) is 18.4 Å². The van der Waals surface area contributed by atoms with Gasteiger partial charge in [-0.3, -0.25) is 9.59 Å². The van der Waals surface area contributed by atoms with Crippen LogP contribution in [0, 0.1) is 0 Å². The fraction of sp³-hybridized carbons (Fsp3) is 0.333. The van der Waals surface area contributed by atoms with Gasteiger partial charge in [-0.05, 0) is 37.2 Å². The SMILES string of the molecule is CN(C)[C@H](CNC(=O)[C@@H]1CC(=O)Nc2ccccc21)c1cccs1. The molecule has 2 heterocycles. The molecule has 3 rings (SSSR count). The number of para-hydroxylation sites is 1. The normalized spacial score (nSPS) is 18.0. The lowest BCUT2D eigenvalue weighted by molar-refractivity contribution is -0.126. The van der Waals surface area contributed by atoms with Crippen LogP contribution in [0.15, 0.2) is 41.8 Å². The summed E-state index contributed by atoms with van der Waals surface area (Å²) >= 11 is 1.68. The molecule has 2 amide bonds. The van der Waals surface area contributed by atoms with E-state index in [1.54, 1.807) is 11.3 Å². The Morgan fingerprint density at radius 3 is 2.83 bits per heavy atom. The molecule has 5 nitrogen and oxygen atoms in total. The molecule has 2 aromatic rings. The zero-order valence-electron chi connectivity index (χ0n) is 13.8. The van der Waals surface area contributed by atoms with Gasteiger partial charge in [0.1, 0.15) is 0 Å². The second kappa shape index (κ2) is 7.15. The maximum Gasteiger partial charge on any atom is 0.228 e. The van der Waals surface area contributed by atoms with Crippen LogP contribution >= 0.6 is 11.3 Å². The lowest BCUT2D eigenvalue weighted by Crippen LogP contribution is -2.39. The number of thiophene rings is 1. The standard InChI is InChI=1S/C18H21N3O2S/c1-21(2)15(16-8-5-9-24-16)11-19-18(23)13-10-17(22)20-14-7-4-3-6-12(13)14/h3-9,13,15H,10-11H2,1-2H3,(H,19,23)(H,20,22)/t13-,15-/m1/s1. The van der Waals surface area contributed by atoms with Crippen LogP contribution in [0.25, 0.3) is 0 Å². The summed E-state index contributed by atoms with van der Waals surface area (Å²) in [5.74, 6) is -0.641. The first kappa shape index (κ1) is 16.7. The summed E-state index contributed by atoms with van der Waals surface area (Å²) < 4.78 is 0. The van der Waals surface area contributed by atoms with Gasteiger partial charge in [0.15, 0.2) is 0 Å². The minimum atomic E-state index is -0.430. The number of carbonyl (C=O) groups excluding carboxylic acids is 2. The van der Waals surface area contributed by atoms with E-state index in [2.05, 4.69) is 21.6 Å². The first-order valence-corrected chi connectivity index (χ1v) is 8.80. The number of hydrogen-bond acceptors (Lipinski definition) is 4. The van der Waals surface area contributed by atoms with Crippen LogP contribution in [0.4, 0.5) is 5.69 Å². The number of amides is 2. The predicted octanol–water partition coefficient (Wildman–Crippen LogP) is 2.59. The van der Waals surface area contributed by atoms with Crippen molar-refractivity contribution in [1.82, 2.24) is 10.2 Å². The highest BCUT2D eigenvalue weighted by molar-refractivity contribution is 7.10. The van der Waals surface area contributed by atoms with Gasteiger partial charge in [0.2, 0.25) is 11.8 Å². The first-order chi connectivity index (χ1) is 11.6. The van der Waals surface area contributed by atoms with E-state index in [0.717, 1.165) is 11.3 Å². The Hall–Kier alpha value is -2.18. The van der Waals surface area contributed by atoms with Crippen molar-refractivity contribution in [2.75, 3.05) is 26.0 Å². The Bertz CT molecular complexity index is 728. The summed E-state index contributed by atoms with van der Waals surface area (Å²) in [4.78, 5) is 27.9. The average molecular weight is 343 g/mol. The summed E-state index contributed by atoms with van der Waals surface area (Å²) in [6.45, 7) is 0.520. The molecule has 0 aliphatic carbocycles. The fourth-order valence-corrected chi connectivity index (χ4v) is 3.91. The molecular weight excluding hydrogens is 322 g/mol. The first-order valence-electron chi connectivity index (χ1n) is 7.92. The van der Waals surface area contributed by atoms with Crippen molar-refractivity contribution in [3.63, 3.8) is 0 Å². The topological polar surface area (TPSA) is 61.4 Å². The van der Waals surface area contributed by atoms with Gasteiger partial charge in [-0.2, -0.15) is 0 Å². The Balaban J connectivity index is 1.72.